The van der Waals surface area contributed by atoms with Gasteiger partial charge in [0.15, 0.2) is 0 Å². The molecule has 2 rings (SSSR count). The average Bonchev–Trinajstić information content (AvgIpc) is 2.34. The van der Waals surface area contributed by atoms with E-state index in [1.807, 2.05) is 6.07 Å². The molecule has 1 unspecified atom stereocenters. The van der Waals surface area contributed by atoms with Crippen molar-refractivity contribution in [2.24, 2.45) is 0 Å². The lowest BCUT2D eigenvalue weighted by atomic mass is 10.00. The first-order valence-electron chi connectivity index (χ1n) is 5.24. The van der Waals surface area contributed by atoms with Crippen LogP contribution in [-0.2, 0) is 0 Å². The van der Waals surface area contributed by atoms with Crippen LogP contribution in [0.25, 0.3) is 0 Å². The Balaban J connectivity index is 2.42. The first-order valence-corrected chi connectivity index (χ1v) is 5.24. The summed E-state index contributed by atoms with van der Waals surface area (Å²) in [6.45, 7) is 0. The fourth-order valence-corrected chi connectivity index (χ4v) is 1.78. The number of pyridine rings is 1. The minimum absolute atomic E-state index is 0.329. The third kappa shape index (κ3) is 2.47. The van der Waals surface area contributed by atoms with Gasteiger partial charge in [-0.15, -0.1) is 0 Å². The molecular formula is C13H12F2N2. The number of aromatic nitrogens is 1. The van der Waals surface area contributed by atoms with E-state index in [1.54, 1.807) is 25.5 Å². The summed E-state index contributed by atoms with van der Waals surface area (Å²) in [4.78, 5) is 3.99. The van der Waals surface area contributed by atoms with Gasteiger partial charge in [-0.1, -0.05) is 12.1 Å². The van der Waals surface area contributed by atoms with Crippen LogP contribution in [0.1, 0.15) is 17.2 Å². The van der Waals surface area contributed by atoms with Crippen LogP contribution in [0, 0.1) is 11.6 Å². The van der Waals surface area contributed by atoms with E-state index >= 15 is 0 Å². The zero-order chi connectivity index (χ0) is 12.3. The third-order valence-corrected chi connectivity index (χ3v) is 2.58. The molecule has 0 aliphatic rings. The van der Waals surface area contributed by atoms with Gasteiger partial charge in [0.1, 0.15) is 11.6 Å². The Bertz CT molecular complexity index is 500. The Morgan fingerprint density at radius 1 is 1.24 bits per heavy atom. The van der Waals surface area contributed by atoms with Crippen LogP contribution in [0.4, 0.5) is 8.78 Å². The van der Waals surface area contributed by atoms with Crippen LogP contribution in [0.3, 0.4) is 0 Å². The molecule has 0 spiro atoms. The van der Waals surface area contributed by atoms with E-state index in [4.69, 9.17) is 0 Å². The summed E-state index contributed by atoms with van der Waals surface area (Å²) in [6.07, 6.45) is 3.31. The third-order valence-electron chi connectivity index (χ3n) is 2.58. The van der Waals surface area contributed by atoms with E-state index in [9.17, 15) is 8.78 Å². The second-order valence-electron chi connectivity index (χ2n) is 3.67. The molecule has 0 aliphatic carbocycles. The molecule has 1 heterocycles. The van der Waals surface area contributed by atoms with Crippen molar-refractivity contribution < 1.29 is 8.78 Å². The minimum atomic E-state index is -0.577. The molecule has 0 radical (unpaired) electrons. The Morgan fingerprint density at radius 3 is 2.65 bits per heavy atom. The fourth-order valence-electron chi connectivity index (χ4n) is 1.78. The summed E-state index contributed by atoms with van der Waals surface area (Å²) >= 11 is 0. The molecule has 0 aliphatic heterocycles. The Kier molecular flexibility index (Phi) is 3.44. The normalized spacial score (nSPS) is 12.4. The summed E-state index contributed by atoms with van der Waals surface area (Å²) in [5.41, 5.74) is 1.24. The van der Waals surface area contributed by atoms with Gasteiger partial charge in [0, 0.05) is 24.0 Å². The summed E-state index contributed by atoms with van der Waals surface area (Å²) < 4.78 is 26.5. The second kappa shape index (κ2) is 5.01. The molecule has 1 aromatic carbocycles. The van der Waals surface area contributed by atoms with Gasteiger partial charge in [0.25, 0.3) is 0 Å². The lowest BCUT2D eigenvalue weighted by Crippen LogP contribution is -2.19. The number of nitrogens with zero attached hydrogens (tertiary/aromatic N) is 1. The topological polar surface area (TPSA) is 24.9 Å². The summed E-state index contributed by atoms with van der Waals surface area (Å²) in [5, 5.41) is 2.99. The molecule has 88 valence electrons. The second-order valence-corrected chi connectivity index (χ2v) is 3.67. The standard InChI is InChI=1S/C13H12F2N2/c1-16-13(9-3-2-6-17-8-9)11-5-4-10(14)7-12(11)15/h2-8,13,16H,1H3. The zero-order valence-corrected chi connectivity index (χ0v) is 9.32. The maximum Gasteiger partial charge on any atom is 0.131 e. The van der Waals surface area contributed by atoms with Crippen LogP contribution in [-0.4, -0.2) is 12.0 Å². The summed E-state index contributed by atoms with van der Waals surface area (Å²) in [5.74, 6) is -1.14. The van der Waals surface area contributed by atoms with E-state index in [0.717, 1.165) is 11.6 Å². The quantitative estimate of drug-likeness (QED) is 0.883. The van der Waals surface area contributed by atoms with E-state index in [-0.39, 0.29) is 6.04 Å². The van der Waals surface area contributed by atoms with E-state index in [0.29, 0.717) is 5.56 Å². The Morgan fingerprint density at radius 2 is 2.06 bits per heavy atom. The van der Waals surface area contributed by atoms with Gasteiger partial charge in [-0.3, -0.25) is 4.98 Å². The van der Waals surface area contributed by atoms with Gasteiger partial charge in [0.05, 0.1) is 6.04 Å². The molecule has 2 aromatic rings. The van der Waals surface area contributed by atoms with E-state index in [1.165, 1.54) is 12.1 Å². The van der Waals surface area contributed by atoms with Crippen LogP contribution in [0.5, 0.6) is 0 Å². The maximum absolute atomic E-state index is 13.7. The largest absolute Gasteiger partial charge is 0.309 e. The summed E-state index contributed by atoms with van der Waals surface area (Å²) in [6, 6.07) is 6.87. The maximum atomic E-state index is 13.7. The number of hydrogen-bond donors (Lipinski definition) is 1. The highest BCUT2D eigenvalue weighted by Gasteiger charge is 2.16. The molecule has 1 atom stereocenters. The van der Waals surface area contributed by atoms with Crippen LogP contribution >= 0.6 is 0 Å². The number of halogens is 2. The fraction of sp³-hybridized carbons (Fsp3) is 0.154. The van der Waals surface area contributed by atoms with Gasteiger partial charge in [-0.25, -0.2) is 8.78 Å². The highest BCUT2D eigenvalue weighted by atomic mass is 19.1. The van der Waals surface area contributed by atoms with Crippen molar-refractivity contribution in [3.05, 3.63) is 65.5 Å². The van der Waals surface area contributed by atoms with E-state index < -0.39 is 11.6 Å². The lowest BCUT2D eigenvalue weighted by Gasteiger charge is -2.17. The van der Waals surface area contributed by atoms with Crippen molar-refractivity contribution in [2.75, 3.05) is 7.05 Å². The molecule has 0 fully saturated rings. The van der Waals surface area contributed by atoms with Crippen molar-refractivity contribution in [3.63, 3.8) is 0 Å². The first-order chi connectivity index (χ1) is 8.22. The Labute approximate surface area is 98.3 Å². The molecule has 0 amide bonds. The number of rotatable bonds is 3. The predicted octanol–water partition coefficient (Wildman–Crippen LogP) is 2.67. The number of hydrogen-bond acceptors (Lipinski definition) is 2. The van der Waals surface area contributed by atoms with E-state index in [2.05, 4.69) is 10.3 Å². The molecule has 0 bridgehead atoms. The summed E-state index contributed by atoms with van der Waals surface area (Å²) in [7, 11) is 1.72. The monoisotopic (exact) mass is 234 g/mol. The predicted molar refractivity (Wildman–Crippen MR) is 61.5 cm³/mol. The van der Waals surface area contributed by atoms with Crippen molar-refractivity contribution in [3.8, 4) is 0 Å². The average molecular weight is 234 g/mol. The van der Waals surface area contributed by atoms with Crippen LogP contribution in [0.2, 0.25) is 0 Å². The minimum Gasteiger partial charge on any atom is -0.309 e. The molecule has 1 N–H and O–H groups in total. The van der Waals surface area contributed by atoms with Crippen LogP contribution < -0.4 is 5.32 Å². The van der Waals surface area contributed by atoms with Crippen molar-refractivity contribution in [1.29, 1.82) is 0 Å². The Hall–Kier alpha value is -1.81. The number of benzene rings is 1. The molecule has 2 nitrogen and oxygen atoms in total. The highest BCUT2D eigenvalue weighted by Crippen LogP contribution is 2.23. The van der Waals surface area contributed by atoms with Crippen LogP contribution in [0.15, 0.2) is 42.7 Å². The smallest absolute Gasteiger partial charge is 0.131 e. The molecule has 1 aromatic heterocycles. The van der Waals surface area contributed by atoms with Gasteiger partial charge in [-0.2, -0.15) is 0 Å². The lowest BCUT2D eigenvalue weighted by molar-refractivity contribution is 0.551. The molecule has 0 saturated heterocycles. The molecule has 0 saturated carbocycles. The molecular weight excluding hydrogens is 222 g/mol. The van der Waals surface area contributed by atoms with Gasteiger partial charge in [0.2, 0.25) is 0 Å². The van der Waals surface area contributed by atoms with Crippen molar-refractivity contribution >= 4 is 0 Å². The highest BCUT2D eigenvalue weighted by molar-refractivity contribution is 5.31. The van der Waals surface area contributed by atoms with Gasteiger partial charge in [-0.05, 0) is 24.7 Å². The molecule has 4 heteroatoms. The molecule has 17 heavy (non-hydrogen) atoms. The SMILES string of the molecule is CNC(c1cccnc1)c1ccc(F)cc1F. The van der Waals surface area contributed by atoms with Gasteiger partial charge >= 0.3 is 0 Å². The van der Waals surface area contributed by atoms with Crippen molar-refractivity contribution in [2.45, 2.75) is 6.04 Å². The van der Waals surface area contributed by atoms with Gasteiger partial charge < -0.3 is 5.32 Å². The zero-order valence-electron chi connectivity index (χ0n) is 9.32. The van der Waals surface area contributed by atoms with Crippen molar-refractivity contribution in [1.82, 2.24) is 10.3 Å². The number of nitrogens with one attached hydrogen (secondary N) is 1. The first kappa shape index (κ1) is 11.7.